The van der Waals surface area contributed by atoms with Gasteiger partial charge in [-0.2, -0.15) is 8.78 Å². The van der Waals surface area contributed by atoms with Gasteiger partial charge in [0.25, 0.3) is 6.08 Å². The lowest BCUT2D eigenvalue weighted by Crippen LogP contribution is -2.31. The Kier molecular flexibility index (Phi) is 3.55. The molecule has 2 nitrogen and oxygen atoms in total. The first-order valence-electron chi connectivity index (χ1n) is 6.30. The summed E-state index contributed by atoms with van der Waals surface area (Å²) in [7, 11) is 0. The summed E-state index contributed by atoms with van der Waals surface area (Å²) >= 11 is 0. The highest BCUT2D eigenvalue weighted by atomic mass is 19.3. The van der Waals surface area contributed by atoms with Crippen molar-refractivity contribution in [1.82, 2.24) is 4.90 Å². The number of hydrogen-bond acceptors (Lipinski definition) is 2. The zero-order valence-electron chi connectivity index (χ0n) is 10.8. The molecule has 2 atom stereocenters. The number of hydrogen-bond donors (Lipinski definition) is 0. The first-order valence-corrected chi connectivity index (χ1v) is 6.30. The van der Waals surface area contributed by atoms with Gasteiger partial charge in [-0.25, -0.2) is 0 Å². The summed E-state index contributed by atoms with van der Waals surface area (Å²) in [4.78, 5) is 2.17. The SMILES string of the molecule is CC(C)(C)OC[C@@H]1C(=C(F)F)CN2CCCC12. The quantitative estimate of drug-likeness (QED) is 0.741. The maximum absolute atomic E-state index is 12.9. The van der Waals surface area contributed by atoms with Crippen molar-refractivity contribution in [3.8, 4) is 0 Å². The second-order valence-corrected chi connectivity index (χ2v) is 6.00. The Balaban J connectivity index is 2.08. The number of halogens is 2. The van der Waals surface area contributed by atoms with Gasteiger partial charge in [0.05, 0.1) is 12.2 Å². The molecule has 0 N–H and O–H groups in total. The van der Waals surface area contributed by atoms with Crippen LogP contribution < -0.4 is 0 Å². The molecule has 2 aliphatic rings. The number of nitrogens with zero attached hydrogens (tertiary/aromatic N) is 1. The van der Waals surface area contributed by atoms with Gasteiger partial charge in [0, 0.05) is 24.1 Å². The zero-order valence-corrected chi connectivity index (χ0v) is 10.8. The lowest BCUT2D eigenvalue weighted by Gasteiger charge is -2.25. The second-order valence-electron chi connectivity index (χ2n) is 6.00. The van der Waals surface area contributed by atoms with Gasteiger partial charge in [0.1, 0.15) is 0 Å². The summed E-state index contributed by atoms with van der Waals surface area (Å²) in [5.41, 5.74) is 0.0446. The third-order valence-corrected chi connectivity index (χ3v) is 3.64. The molecule has 2 saturated heterocycles. The molecule has 2 fully saturated rings. The van der Waals surface area contributed by atoms with Crippen LogP contribution >= 0.6 is 0 Å². The molecule has 0 radical (unpaired) electrons. The lowest BCUT2D eigenvalue weighted by molar-refractivity contribution is -0.0217. The molecular weight excluding hydrogens is 224 g/mol. The van der Waals surface area contributed by atoms with Gasteiger partial charge in [-0.05, 0) is 40.2 Å². The van der Waals surface area contributed by atoms with E-state index in [1.54, 1.807) is 0 Å². The van der Waals surface area contributed by atoms with Gasteiger partial charge < -0.3 is 4.74 Å². The van der Waals surface area contributed by atoms with E-state index in [2.05, 4.69) is 4.90 Å². The van der Waals surface area contributed by atoms with Gasteiger partial charge in [-0.15, -0.1) is 0 Å². The van der Waals surface area contributed by atoms with Crippen molar-refractivity contribution in [2.45, 2.75) is 45.3 Å². The fourth-order valence-electron chi connectivity index (χ4n) is 2.82. The highest BCUT2D eigenvalue weighted by Crippen LogP contribution is 2.39. The van der Waals surface area contributed by atoms with Crippen LogP contribution in [-0.2, 0) is 4.74 Å². The van der Waals surface area contributed by atoms with Crippen molar-refractivity contribution in [2.24, 2.45) is 5.92 Å². The van der Waals surface area contributed by atoms with Crippen LogP contribution in [0.4, 0.5) is 8.78 Å². The number of fused-ring (bicyclic) bond motifs is 1. The van der Waals surface area contributed by atoms with Crippen molar-refractivity contribution in [1.29, 1.82) is 0 Å². The Morgan fingerprint density at radius 3 is 2.71 bits per heavy atom. The minimum atomic E-state index is -1.50. The largest absolute Gasteiger partial charge is 0.375 e. The fraction of sp³-hybridized carbons (Fsp3) is 0.846. The maximum atomic E-state index is 12.9. The van der Waals surface area contributed by atoms with Gasteiger partial charge >= 0.3 is 0 Å². The van der Waals surface area contributed by atoms with E-state index >= 15 is 0 Å². The van der Waals surface area contributed by atoms with Crippen molar-refractivity contribution in [3.05, 3.63) is 11.7 Å². The molecular formula is C13H21F2NO. The molecule has 0 aromatic heterocycles. The standard InChI is InChI=1S/C13H21F2NO/c1-13(2,3)17-8-10-9(12(14)15)7-16-6-4-5-11(10)16/h10-11H,4-8H2,1-3H3/t10-,11?/m1/s1. The molecule has 0 aromatic rings. The Labute approximate surface area is 102 Å². The Bertz CT molecular complexity index is 318. The lowest BCUT2D eigenvalue weighted by atomic mass is 9.95. The molecule has 0 aromatic carbocycles. The van der Waals surface area contributed by atoms with Crippen LogP contribution in [0.1, 0.15) is 33.6 Å². The maximum Gasteiger partial charge on any atom is 0.271 e. The summed E-state index contributed by atoms with van der Waals surface area (Å²) < 4.78 is 31.5. The van der Waals surface area contributed by atoms with Crippen molar-refractivity contribution in [3.63, 3.8) is 0 Å². The van der Waals surface area contributed by atoms with Crippen LogP contribution in [0.5, 0.6) is 0 Å². The van der Waals surface area contributed by atoms with Crippen LogP contribution in [0.15, 0.2) is 11.7 Å². The van der Waals surface area contributed by atoms with E-state index in [-0.39, 0.29) is 17.6 Å². The van der Waals surface area contributed by atoms with Gasteiger partial charge in [0.15, 0.2) is 0 Å². The topological polar surface area (TPSA) is 12.5 Å². The Morgan fingerprint density at radius 1 is 1.41 bits per heavy atom. The van der Waals surface area contributed by atoms with E-state index < -0.39 is 6.08 Å². The van der Waals surface area contributed by atoms with Crippen molar-refractivity contribution < 1.29 is 13.5 Å². The number of ether oxygens (including phenoxy) is 1. The van der Waals surface area contributed by atoms with Crippen LogP contribution in [0.25, 0.3) is 0 Å². The molecule has 0 spiro atoms. The zero-order chi connectivity index (χ0) is 12.6. The van der Waals surface area contributed by atoms with Crippen LogP contribution in [-0.4, -0.2) is 36.2 Å². The summed E-state index contributed by atoms with van der Waals surface area (Å²) in [5, 5.41) is 0. The Hall–Kier alpha value is -0.480. The third-order valence-electron chi connectivity index (χ3n) is 3.64. The smallest absolute Gasteiger partial charge is 0.271 e. The van der Waals surface area contributed by atoms with Crippen molar-refractivity contribution >= 4 is 0 Å². The van der Waals surface area contributed by atoms with E-state index in [0.717, 1.165) is 19.4 Å². The number of rotatable bonds is 2. The van der Waals surface area contributed by atoms with E-state index in [0.29, 0.717) is 18.7 Å². The first kappa shape index (κ1) is 13.0. The van der Waals surface area contributed by atoms with Crippen LogP contribution in [0.2, 0.25) is 0 Å². The molecule has 0 aliphatic carbocycles. The van der Waals surface area contributed by atoms with Gasteiger partial charge in [-0.1, -0.05) is 0 Å². The molecule has 0 bridgehead atoms. The molecule has 2 aliphatic heterocycles. The summed E-state index contributed by atoms with van der Waals surface area (Å²) in [5.74, 6) is -0.110. The minimum absolute atomic E-state index is 0.110. The Morgan fingerprint density at radius 2 is 2.12 bits per heavy atom. The molecule has 17 heavy (non-hydrogen) atoms. The van der Waals surface area contributed by atoms with E-state index in [9.17, 15) is 8.78 Å². The van der Waals surface area contributed by atoms with Crippen LogP contribution in [0.3, 0.4) is 0 Å². The average Bonchev–Trinajstić information content (AvgIpc) is 2.71. The van der Waals surface area contributed by atoms with Crippen molar-refractivity contribution in [2.75, 3.05) is 19.7 Å². The first-order chi connectivity index (χ1) is 7.88. The molecule has 98 valence electrons. The van der Waals surface area contributed by atoms with E-state index in [1.165, 1.54) is 0 Å². The molecule has 4 heteroatoms. The molecule has 1 unspecified atom stereocenters. The second kappa shape index (κ2) is 4.65. The predicted octanol–water partition coefficient (Wildman–Crippen LogP) is 3.05. The molecule has 2 rings (SSSR count). The van der Waals surface area contributed by atoms with Crippen LogP contribution in [0, 0.1) is 5.92 Å². The van der Waals surface area contributed by atoms with Gasteiger partial charge in [0.2, 0.25) is 0 Å². The normalized spacial score (nSPS) is 29.8. The highest BCUT2D eigenvalue weighted by molar-refractivity contribution is 5.20. The summed E-state index contributed by atoms with van der Waals surface area (Å²) in [6.45, 7) is 7.69. The fourth-order valence-corrected chi connectivity index (χ4v) is 2.82. The van der Waals surface area contributed by atoms with Gasteiger partial charge in [-0.3, -0.25) is 4.90 Å². The summed E-state index contributed by atoms with van der Waals surface area (Å²) in [6, 6.07) is 0.272. The predicted molar refractivity (Wildman–Crippen MR) is 63.0 cm³/mol. The molecule has 0 saturated carbocycles. The van der Waals surface area contributed by atoms with E-state index in [4.69, 9.17) is 4.74 Å². The summed E-state index contributed by atoms with van der Waals surface area (Å²) in [6.07, 6.45) is 0.647. The average molecular weight is 245 g/mol. The minimum Gasteiger partial charge on any atom is -0.375 e. The monoisotopic (exact) mass is 245 g/mol. The molecule has 2 heterocycles. The molecule has 0 amide bonds. The third kappa shape index (κ3) is 2.86. The van der Waals surface area contributed by atoms with E-state index in [1.807, 2.05) is 20.8 Å². The highest BCUT2D eigenvalue weighted by Gasteiger charge is 2.42.